The lowest BCUT2D eigenvalue weighted by Crippen LogP contribution is -2.16. The van der Waals surface area contributed by atoms with Gasteiger partial charge in [-0.2, -0.15) is 0 Å². The van der Waals surface area contributed by atoms with Crippen LogP contribution in [0, 0.1) is 0 Å². The predicted molar refractivity (Wildman–Crippen MR) is 54.0 cm³/mol. The zero-order valence-electron chi connectivity index (χ0n) is 8.01. The number of hydrogen-bond donors (Lipinski definition) is 1. The van der Waals surface area contributed by atoms with Gasteiger partial charge in [0.2, 0.25) is 10.0 Å². The summed E-state index contributed by atoms with van der Waals surface area (Å²) in [5, 5.41) is 4.53. The van der Waals surface area contributed by atoms with Gasteiger partial charge in [0.15, 0.2) is 0 Å². The molecule has 0 aromatic heterocycles. The molecule has 0 bridgehead atoms. The van der Waals surface area contributed by atoms with Crippen LogP contribution in [-0.2, 0) is 19.9 Å². The van der Waals surface area contributed by atoms with Crippen LogP contribution in [0.15, 0.2) is 0 Å². The molecule has 2 fully saturated rings. The Kier molecular flexibility index (Phi) is 3.23. The topological polar surface area (TPSA) is 94.3 Å². The van der Waals surface area contributed by atoms with Gasteiger partial charge >= 0.3 is 0 Å². The van der Waals surface area contributed by atoms with E-state index in [2.05, 4.69) is 0 Å². The summed E-state index contributed by atoms with van der Waals surface area (Å²) in [4.78, 5) is 0. The minimum atomic E-state index is -3.13. The van der Waals surface area contributed by atoms with Crippen molar-refractivity contribution in [3.8, 4) is 0 Å². The van der Waals surface area contributed by atoms with Crippen molar-refractivity contribution in [3.63, 3.8) is 0 Å². The van der Waals surface area contributed by atoms with Crippen LogP contribution in [0.3, 0.4) is 0 Å². The predicted octanol–water partition coefficient (Wildman–Crippen LogP) is -0.369. The molecule has 0 unspecified atom stereocenters. The van der Waals surface area contributed by atoms with Crippen molar-refractivity contribution in [2.45, 2.75) is 36.2 Å². The van der Waals surface area contributed by atoms with Gasteiger partial charge in [0.1, 0.15) is 9.84 Å². The first-order chi connectivity index (χ1) is 6.21. The maximum Gasteiger partial charge on any atom is 0.211 e. The molecule has 7 heteroatoms. The molecular formula is C7H15NO4S2. The first-order valence-corrected chi connectivity index (χ1v) is 7.98. The summed E-state index contributed by atoms with van der Waals surface area (Å²) in [6.07, 6.45) is 4.60. The Bertz CT molecular complexity index is 349. The highest BCUT2D eigenvalue weighted by Gasteiger charge is 2.32. The van der Waals surface area contributed by atoms with Gasteiger partial charge in [-0.1, -0.05) is 0 Å². The van der Waals surface area contributed by atoms with E-state index in [4.69, 9.17) is 5.14 Å². The third-order valence-corrected chi connectivity index (χ3v) is 5.20. The molecule has 0 radical (unpaired) electrons. The number of sulfonamides is 1. The van der Waals surface area contributed by atoms with Gasteiger partial charge < -0.3 is 0 Å². The maximum absolute atomic E-state index is 10.4. The summed E-state index contributed by atoms with van der Waals surface area (Å²) in [6, 6.07) is 0. The molecule has 0 aliphatic heterocycles. The van der Waals surface area contributed by atoms with Gasteiger partial charge in [0, 0.05) is 6.26 Å². The van der Waals surface area contributed by atoms with Gasteiger partial charge in [-0.15, -0.1) is 0 Å². The third kappa shape index (κ3) is 4.39. The van der Waals surface area contributed by atoms with Crippen molar-refractivity contribution in [2.75, 3.05) is 6.26 Å². The average molecular weight is 241 g/mol. The molecule has 0 aromatic rings. The maximum atomic E-state index is 10.4. The molecular weight excluding hydrogens is 226 g/mol. The van der Waals surface area contributed by atoms with Crippen LogP contribution < -0.4 is 5.14 Å². The molecule has 0 heterocycles. The molecule has 2 aliphatic carbocycles. The zero-order chi connectivity index (χ0) is 11.0. The molecule has 0 atom stereocenters. The largest absolute Gasteiger partial charge is 0.229 e. The Balaban J connectivity index is 0.000000140. The van der Waals surface area contributed by atoms with Crippen molar-refractivity contribution in [3.05, 3.63) is 0 Å². The smallest absolute Gasteiger partial charge is 0.211 e. The quantitative estimate of drug-likeness (QED) is 0.713. The molecule has 14 heavy (non-hydrogen) atoms. The van der Waals surface area contributed by atoms with E-state index in [1.54, 1.807) is 0 Å². The molecule has 0 spiro atoms. The van der Waals surface area contributed by atoms with Crippen molar-refractivity contribution >= 4 is 19.9 Å². The van der Waals surface area contributed by atoms with Crippen molar-refractivity contribution in [1.82, 2.24) is 0 Å². The lowest BCUT2D eigenvalue weighted by atomic mass is 11.0. The van der Waals surface area contributed by atoms with Crippen LogP contribution in [0.2, 0.25) is 0 Å². The van der Waals surface area contributed by atoms with Gasteiger partial charge in [-0.25, -0.2) is 22.0 Å². The van der Waals surface area contributed by atoms with E-state index in [0.29, 0.717) is 0 Å². The molecule has 0 aromatic carbocycles. The fourth-order valence-electron chi connectivity index (χ4n) is 0.893. The molecule has 84 valence electrons. The van der Waals surface area contributed by atoms with E-state index in [0.717, 1.165) is 25.7 Å². The highest BCUT2D eigenvalue weighted by atomic mass is 32.2. The molecule has 2 rings (SSSR count). The fraction of sp³-hybridized carbons (Fsp3) is 1.00. The normalized spacial score (nSPS) is 22.4. The molecule has 5 nitrogen and oxygen atoms in total. The van der Waals surface area contributed by atoms with Crippen molar-refractivity contribution in [2.24, 2.45) is 5.14 Å². The number of sulfone groups is 1. The summed E-state index contributed by atoms with van der Waals surface area (Å²) >= 11 is 0. The van der Waals surface area contributed by atoms with E-state index in [9.17, 15) is 16.8 Å². The Morgan fingerprint density at radius 1 is 0.929 bits per heavy atom. The summed E-state index contributed by atoms with van der Waals surface area (Å²) in [5.41, 5.74) is 0. The van der Waals surface area contributed by atoms with Crippen LogP contribution in [0.1, 0.15) is 25.7 Å². The summed E-state index contributed by atoms with van der Waals surface area (Å²) in [6.45, 7) is 0. The highest BCUT2D eigenvalue weighted by Crippen LogP contribution is 2.27. The van der Waals surface area contributed by atoms with E-state index in [1.165, 1.54) is 6.26 Å². The first kappa shape index (κ1) is 11.9. The molecule has 2 aliphatic rings. The second kappa shape index (κ2) is 3.79. The minimum absolute atomic E-state index is 0.0208. The number of nitrogens with two attached hydrogens (primary N) is 1. The monoisotopic (exact) mass is 241 g/mol. The lowest BCUT2D eigenvalue weighted by molar-refractivity contribution is 0.596. The van der Waals surface area contributed by atoms with Crippen LogP contribution >= 0.6 is 0 Å². The minimum Gasteiger partial charge on any atom is -0.229 e. The summed E-state index contributed by atoms with van der Waals surface area (Å²) in [5.74, 6) is 0. The number of hydrogen-bond acceptors (Lipinski definition) is 4. The Morgan fingerprint density at radius 3 is 1.29 bits per heavy atom. The highest BCUT2D eigenvalue weighted by molar-refractivity contribution is 7.91. The van der Waals surface area contributed by atoms with Crippen molar-refractivity contribution in [1.29, 1.82) is 0 Å². The Morgan fingerprint density at radius 2 is 1.29 bits per heavy atom. The second-order valence-corrected chi connectivity index (χ2v) is 7.99. The molecule has 0 saturated heterocycles. The van der Waals surface area contributed by atoms with Gasteiger partial charge in [-0.05, 0) is 25.7 Å². The Hall–Kier alpha value is -0.140. The number of rotatable bonds is 2. The van der Waals surface area contributed by atoms with E-state index in [1.807, 2.05) is 0 Å². The van der Waals surface area contributed by atoms with Crippen LogP contribution in [0.4, 0.5) is 0 Å². The van der Waals surface area contributed by atoms with E-state index in [-0.39, 0.29) is 10.5 Å². The van der Waals surface area contributed by atoms with Gasteiger partial charge in [-0.3, -0.25) is 0 Å². The zero-order valence-corrected chi connectivity index (χ0v) is 9.64. The van der Waals surface area contributed by atoms with Gasteiger partial charge in [0.05, 0.1) is 10.5 Å². The number of primary sulfonamides is 1. The fourth-order valence-corrected chi connectivity index (χ4v) is 2.68. The third-order valence-electron chi connectivity index (χ3n) is 2.12. The van der Waals surface area contributed by atoms with E-state index < -0.39 is 19.9 Å². The first-order valence-electron chi connectivity index (χ1n) is 4.42. The summed E-state index contributed by atoms with van der Waals surface area (Å²) < 4.78 is 41.1. The van der Waals surface area contributed by atoms with Crippen molar-refractivity contribution < 1.29 is 16.8 Å². The molecule has 2 saturated carbocycles. The average Bonchev–Trinajstić information content (AvgIpc) is 2.81. The molecule has 2 N–H and O–H groups in total. The van der Waals surface area contributed by atoms with Gasteiger partial charge in [0.25, 0.3) is 0 Å². The standard InChI is InChI=1S/C4H8O2S.C3H7NO2S/c1-7(5,6)4-2-3-4;4-7(5,6)3-1-2-3/h4H,2-3H2,1H3;3H,1-2H2,(H2,4,5,6). The second-order valence-electron chi connectivity index (χ2n) is 3.82. The van der Waals surface area contributed by atoms with Crippen LogP contribution in [0.5, 0.6) is 0 Å². The summed E-state index contributed by atoms with van der Waals surface area (Å²) in [7, 11) is -5.76. The lowest BCUT2D eigenvalue weighted by Gasteiger charge is -1.84. The SMILES string of the molecule is CS(=O)(=O)C1CC1.NS(=O)(=O)C1CC1. The molecule has 0 amide bonds. The van der Waals surface area contributed by atoms with Crippen LogP contribution in [-0.4, -0.2) is 33.6 Å². The Labute approximate surface area is 84.6 Å². The van der Waals surface area contributed by atoms with E-state index >= 15 is 0 Å². The van der Waals surface area contributed by atoms with Crippen LogP contribution in [0.25, 0.3) is 0 Å².